The monoisotopic (exact) mass is 735 g/mol. The van der Waals surface area contributed by atoms with Crippen LogP contribution in [0.5, 0.6) is 0 Å². The Labute approximate surface area is 326 Å². The number of fused-ring (bicyclic) bond motifs is 8. The van der Waals surface area contributed by atoms with Crippen molar-refractivity contribution < 1.29 is 18.9 Å². The first-order chi connectivity index (χ1) is 26.5. The second kappa shape index (κ2) is 22.3. The highest BCUT2D eigenvalue weighted by Crippen LogP contribution is 2.33. The Morgan fingerprint density at radius 2 is 0.667 bits per heavy atom. The average Bonchev–Trinajstić information content (AvgIpc) is 3.16. The maximum Gasteiger partial charge on any atom is 0.0506 e. The molecule has 0 radical (unpaired) electrons. The van der Waals surface area contributed by atoms with Crippen molar-refractivity contribution in [3.63, 3.8) is 0 Å². The lowest BCUT2D eigenvalue weighted by molar-refractivity contribution is 0.150. The molecule has 0 fully saturated rings. The fourth-order valence-corrected chi connectivity index (χ4v) is 8.40. The third kappa shape index (κ3) is 11.3. The second-order valence-electron chi connectivity index (χ2n) is 14.5. The van der Waals surface area contributed by atoms with E-state index in [0.29, 0.717) is 26.4 Å². The SMILES string of the molecule is CCOCCc1c2cccc1Cc1cc(CNC)cc(c1CCOCC)Cc1cc(CNC)cc(c1CCOCC)Cc1cccc(c1CCOCC)C2. The zero-order chi connectivity index (χ0) is 38.1. The smallest absolute Gasteiger partial charge is 0.0506 e. The molecule has 1 aliphatic carbocycles. The van der Waals surface area contributed by atoms with Gasteiger partial charge in [0.25, 0.3) is 0 Å². The average molecular weight is 735 g/mol. The molecule has 0 amide bonds. The molecule has 292 valence electrons. The standard InChI is InChI=1S/C48H66N2O4/c1-7-51-21-17-45-37-13-11-15-39(45)30-41-25-35(33-49-5)27-43(47(41)19-23-53-9-3)32-44-28-36(34-50-6)26-42(48(44)20-24-54-10-4)31-40-16-12-14-38(29-37)46(40)18-22-52-8-2/h11-16,25-28,49-50H,7-10,17-24,29-34H2,1-6H3. The molecule has 6 nitrogen and oxygen atoms in total. The van der Waals surface area contributed by atoms with Crippen LogP contribution >= 0.6 is 0 Å². The van der Waals surface area contributed by atoms with Crippen LogP contribution in [-0.2, 0) is 83.4 Å². The van der Waals surface area contributed by atoms with Gasteiger partial charge in [-0.05, 0) is 171 Å². The lowest BCUT2D eigenvalue weighted by Crippen LogP contribution is -2.15. The summed E-state index contributed by atoms with van der Waals surface area (Å²) in [6.07, 6.45) is 7.07. The first kappa shape index (κ1) is 41.8. The van der Waals surface area contributed by atoms with E-state index >= 15 is 0 Å². The molecule has 0 saturated carbocycles. The van der Waals surface area contributed by atoms with Gasteiger partial charge in [0.15, 0.2) is 0 Å². The Morgan fingerprint density at radius 1 is 0.407 bits per heavy atom. The maximum absolute atomic E-state index is 6.06. The van der Waals surface area contributed by atoms with Gasteiger partial charge in [-0.2, -0.15) is 0 Å². The highest BCUT2D eigenvalue weighted by atomic mass is 16.5. The summed E-state index contributed by atoms with van der Waals surface area (Å²) in [4.78, 5) is 0. The normalized spacial score (nSPS) is 12.7. The van der Waals surface area contributed by atoms with Crippen molar-refractivity contribution >= 4 is 0 Å². The topological polar surface area (TPSA) is 61.0 Å². The Morgan fingerprint density at radius 3 is 0.944 bits per heavy atom. The van der Waals surface area contributed by atoms with Crippen molar-refractivity contribution in [2.75, 3.05) is 67.0 Å². The summed E-state index contributed by atoms with van der Waals surface area (Å²) >= 11 is 0. The molecule has 8 bridgehead atoms. The third-order valence-electron chi connectivity index (χ3n) is 10.8. The van der Waals surface area contributed by atoms with Crippen LogP contribution in [0.15, 0.2) is 60.7 Å². The van der Waals surface area contributed by atoms with Crippen LogP contribution in [0.25, 0.3) is 0 Å². The van der Waals surface area contributed by atoms with Crippen molar-refractivity contribution in [3.05, 3.63) is 139 Å². The molecule has 5 rings (SSSR count). The zero-order valence-electron chi connectivity index (χ0n) is 34.1. The fraction of sp³-hybridized carbons (Fsp3) is 0.500. The molecule has 0 atom stereocenters. The number of benzene rings is 4. The van der Waals surface area contributed by atoms with Gasteiger partial charge in [0.05, 0.1) is 26.4 Å². The van der Waals surface area contributed by atoms with Gasteiger partial charge >= 0.3 is 0 Å². The Kier molecular flexibility index (Phi) is 17.2. The van der Waals surface area contributed by atoms with Gasteiger partial charge in [0.1, 0.15) is 0 Å². The maximum atomic E-state index is 6.06. The van der Waals surface area contributed by atoms with Crippen molar-refractivity contribution in [1.82, 2.24) is 10.6 Å². The quantitative estimate of drug-likeness (QED) is 0.0789. The molecular formula is C48H66N2O4. The molecule has 2 N–H and O–H groups in total. The minimum Gasteiger partial charge on any atom is -0.381 e. The van der Waals surface area contributed by atoms with Crippen LogP contribution in [0, 0.1) is 0 Å². The number of ether oxygens (including phenoxy) is 4. The highest BCUT2D eigenvalue weighted by Gasteiger charge is 2.21. The largest absolute Gasteiger partial charge is 0.381 e. The molecule has 0 aromatic heterocycles. The van der Waals surface area contributed by atoms with E-state index in [-0.39, 0.29) is 0 Å². The summed E-state index contributed by atoms with van der Waals surface area (Å²) in [5.74, 6) is 0. The predicted molar refractivity (Wildman–Crippen MR) is 223 cm³/mol. The van der Waals surface area contributed by atoms with E-state index < -0.39 is 0 Å². The summed E-state index contributed by atoms with van der Waals surface area (Å²) < 4.78 is 24.1. The summed E-state index contributed by atoms with van der Waals surface area (Å²) in [6.45, 7) is 15.7. The van der Waals surface area contributed by atoms with E-state index in [2.05, 4.69) is 99.0 Å². The Bertz CT molecular complexity index is 1640. The van der Waals surface area contributed by atoms with Crippen molar-refractivity contribution in [3.8, 4) is 0 Å². The summed E-state index contributed by atoms with van der Waals surface area (Å²) in [5, 5.41) is 6.92. The van der Waals surface area contributed by atoms with Crippen LogP contribution in [0.1, 0.15) is 106 Å². The van der Waals surface area contributed by atoms with E-state index in [1.165, 1.54) is 77.9 Å². The molecule has 1 aliphatic rings. The lowest BCUT2D eigenvalue weighted by atomic mass is 9.82. The van der Waals surface area contributed by atoms with E-state index in [1.54, 1.807) is 0 Å². The number of hydrogen-bond acceptors (Lipinski definition) is 6. The van der Waals surface area contributed by atoms with Crippen LogP contribution < -0.4 is 10.6 Å². The minimum absolute atomic E-state index is 0.709. The van der Waals surface area contributed by atoms with Crippen LogP contribution in [0.3, 0.4) is 0 Å². The van der Waals surface area contributed by atoms with E-state index in [9.17, 15) is 0 Å². The highest BCUT2D eigenvalue weighted by molar-refractivity contribution is 5.52. The third-order valence-corrected chi connectivity index (χ3v) is 10.8. The molecule has 0 unspecified atom stereocenters. The molecular weight excluding hydrogens is 669 g/mol. The van der Waals surface area contributed by atoms with Crippen molar-refractivity contribution in [2.24, 2.45) is 0 Å². The van der Waals surface area contributed by atoms with E-state index in [1.807, 2.05) is 14.1 Å². The van der Waals surface area contributed by atoms with Gasteiger partial charge < -0.3 is 29.6 Å². The number of nitrogens with one attached hydrogen (secondary N) is 2. The Balaban J connectivity index is 1.81. The van der Waals surface area contributed by atoms with Gasteiger partial charge in [-0.25, -0.2) is 0 Å². The number of hydrogen-bond donors (Lipinski definition) is 2. The lowest BCUT2D eigenvalue weighted by Gasteiger charge is -2.24. The van der Waals surface area contributed by atoms with Crippen LogP contribution in [-0.4, -0.2) is 67.0 Å². The van der Waals surface area contributed by atoms with Gasteiger partial charge in [-0.15, -0.1) is 0 Å². The van der Waals surface area contributed by atoms with Gasteiger partial charge in [0, 0.05) is 39.5 Å². The first-order valence-electron chi connectivity index (χ1n) is 20.6. The van der Waals surface area contributed by atoms with E-state index in [4.69, 9.17) is 18.9 Å². The number of rotatable bonds is 20. The molecule has 4 aromatic carbocycles. The molecule has 0 heterocycles. The molecule has 0 saturated heterocycles. The minimum atomic E-state index is 0.709. The summed E-state index contributed by atoms with van der Waals surface area (Å²) in [6, 6.07) is 23.8. The molecule has 4 aromatic rings. The van der Waals surface area contributed by atoms with Crippen LogP contribution in [0.4, 0.5) is 0 Å². The fourth-order valence-electron chi connectivity index (χ4n) is 8.40. The van der Waals surface area contributed by atoms with Crippen LogP contribution in [0.2, 0.25) is 0 Å². The summed E-state index contributed by atoms with van der Waals surface area (Å²) in [7, 11) is 4.10. The molecule has 54 heavy (non-hydrogen) atoms. The molecule has 0 aliphatic heterocycles. The summed E-state index contributed by atoms with van der Waals surface area (Å²) in [5.41, 5.74) is 19.6. The van der Waals surface area contributed by atoms with Gasteiger partial charge in [0.2, 0.25) is 0 Å². The van der Waals surface area contributed by atoms with E-state index in [0.717, 1.165) is 90.9 Å². The van der Waals surface area contributed by atoms with Crippen molar-refractivity contribution in [1.29, 1.82) is 0 Å². The molecule has 0 spiro atoms. The predicted octanol–water partition coefficient (Wildman–Crippen LogP) is 8.12. The second-order valence-corrected chi connectivity index (χ2v) is 14.5. The zero-order valence-corrected chi connectivity index (χ0v) is 34.1. The molecule has 6 heteroatoms. The van der Waals surface area contributed by atoms with Gasteiger partial charge in [-0.3, -0.25) is 0 Å². The first-order valence-corrected chi connectivity index (χ1v) is 20.6. The van der Waals surface area contributed by atoms with Crippen molar-refractivity contribution in [2.45, 2.75) is 92.2 Å². The Hall–Kier alpha value is -3.36. The van der Waals surface area contributed by atoms with Gasteiger partial charge in [-0.1, -0.05) is 60.7 Å².